The fourth-order valence-electron chi connectivity index (χ4n) is 2.06. The number of benzene rings is 1. The molecule has 7 nitrogen and oxygen atoms in total. The maximum Gasteiger partial charge on any atom is 0.240 e. The summed E-state index contributed by atoms with van der Waals surface area (Å²) in [4.78, 5) is 4.24. The van der Waals surface area contributed by atoms with Gasteiger partial charge in [0.25, 0.3) is 0 Å². The van der Waals surface area contributed by atoms with Crippen LogP contribution in [0.3, 0.4) is 0 Å². The number of fused-ring (bicyclic) bond motifs is 1. The maximum atomic E-state index is 5.58. The second-order valence-electron chi connectivity index (χ2n) is 4.30. The first-order chi connectivity index (χ1) is 9.81. The van der Waals surface area contributed by atoms with E-state index < -0.39 is 0 Å². The molecule has 3 rings (SSSR count). The average Bonchev–Trinajstić information content (AvgIpc) is 2.95. The van der Waals surface area contributed by atoms with E-state index in [9.17, 15) is 0 Å². The summed E-state index contributed by atoms with van der Waals surface area (Å²) in [5.74, 6) is 2.23. The topological polar surface area (TPSA) is 92.6 Å². The van der Waals surface area contributed by atoms with Crippen LogP contribution in [0.15, 0.2) is 16.7 Å². The molecule has 1 aromatic carbocycles. The molecule has 0 unspecified atom stereocenters. The van der Waals surface area contributed by atoms with Crippen LogP contribution in [0.2, 0.25) is 0 Å². The zero-order chi connectivity index (χ0) is 13.9. The lowest BCUT2D eigenvalue weighted by atomic mass is 10.1. The van der Waals surface area contributed by atoms with Gasteiger partial charge in [-0.05, 0) is 17.7 Å². The summed E-state index contributed by atoms with van der Waals surface area (Å²) < 4.78 is 21.4. The number of nitrogens with two attached hydrogens (primary N) is 1. The molecule has 7 heteroatoms. The molecule has 0 spiro atoms. The van der Waals surface area contributed by atoms with Crippen LogP contribution in [0, 0.1) is 0 Å². The first-order valence-electron chi connectivity index (χ1n) is 6.26. The summed E-state index contributed by atoms with van der Waals surface area (Å²) in [6, 6.07) is 3.72. The van der Waals surface area contributed by atoms with E-state index in [0.29, 0.717) is 43.0 Å². The van der Waals surface area contributed by atoms with Gasteiger partial charge < -0.3 is 24.5 Å². The fourth-order valence-corrected chi connectivity index (χ4v) is 2.06. The number of hydrogen-bond donors (Lipinski definition) is 1. The highest BCUT2D eigenvalue weighted by molar-refractivity contribution is 5.65. The van der Waals surface area contributed by atoms with Crippen molar-refractivity contribution >= 4 is 0 Å². The van der Waals surface area contributed by atoms with E-state index in [1.807, 2.05) is 12.1 Å². The molecule has 0 aliphatic carbocycles. The van der Waals surface area contributed by atoms with E-state index in [2.05, 4.69) is 10.1 Å². The molecule has 0 fully saturated rings. The molecule has 0 atom stereocenters. The Morgan fingerprint density at radius 1 is 1.25 bits per heavy atom. The molecule has 1 aliphatic rings. The van der Waals surface area contributed by atoms with E-state index in [0.717, 1.165) is 11.1 Å². The molecule has 2 heterocycles. The van der Waals surface area contributed by atoms with E-state index in [1.54, 1.807) is 7.11 Å². The largest absolute Gasteiger partial charge is 0.486 e. The minimum Gasteiger partial charge on any atom is -0.486 e. The summed E-state index contributed by atoms with van der Waals surface area (Å²) in [6.45, 7) is 1.68. The maximum absolute atomic E-state index is 5.58. The van der Waals surface area contributed by atoms with Crippen molar-refractivity contribution < 1.29 is 18.7 Å². The van der Waals surface area contributed by atoms with Crippen LogP contribution >= 0.6 is 0 Å². The van der Waals surface area contributed by atoms with Crippen molar-refractivity contribution in [3.8, 4) is 22.9 Å². The van der Waals surface area contributed by atoms with Crippen LogP contribution in [-0.4, -0.2) is 30.5 Å². The van der Waals surface area contributed by atoms with Crippen molar-refractivity contribution in [2.45, 2.75) is 13.2 Å². The second-order valence-corrected chi connectivity index (χ2v) is 4.30. The number of hydrogen-bond acceptors (Lipinski definition) is 7. The third-order valence-electron chi connectivity index (χ3n) is 2.95. The van der Waals surface area contributed by atoms with Crippen LogP contribution in [0.5, 0.6) is 11.5 Å². The van der Waals surface area contributed by atoms with Gasteiger partial charge >= 0.3 is 0 Å². The lowest BCUT2D eigenvalue weighted by molar-refractivity contribution is 0.168. The zero-order valence-corrected chi connectivity index (χ0v) is 11.1. The standard InChI is InChI=1S/C13H15N3O4/c1-17-7-8-4-10-11(19-3-2-18-10)5-9(8)13-15-12(6-14)20-16-13/h4-5H,2-3,6-7,14H2,1H3. The third-order valence-corrected chi connectivity index (χ3v) is 2.95. The molecule has 106 valence electrons. The minimum absolute atomic E-state index is 0.206. The van der Waals surface area contributed by atoms with Gasteiger partial charge in [0.05, 0.1) is 13.2 Å². The Hall–Kier alpha value is -2.12. The Labute approximate surface area is 115 Å². The molecule has 0 amide bonds. The van der Waals surface area contributed by atoms with E-state index in [-0.39, 0.29) is 6.54 Å². The average molecular weight is 277 g/mol. The lowest BCUT2D eigenvalue weighted by Crippen LogP contribution is -2.16. The van der Waals surface area contributed by atoms with Crippen molar-refractivity contribution in [3.05, 3.63) is 23.6 Å². The summed E-state index contributed by atoms with van der Waals surface area (Å²) in [7, 11) is 1.63. The molecule has 0 saturated carbocycles. The van der Waals surface area contributed by atoms with Crippen molar-refractivity contribution in [2.24, 2.45) is 5.73 Å². The van der Waals surface area contributed by atoms with Crippen LogP contribution in [0.25, 0.3) is 11.4 Å². The third kappa shape index (κ3) is 2.33. The zero-order valence-electron chi connectivity index (χ0n) is 11.1. The predicted molar refractivity (Wildman–Crippen MR) is 69.3 cm³/mol. The van der Waals surface area contributed by atoms with Crippen molar-refractivity contribution in [3.63, 3.8) is 0 Å². The number of aromatic nitrogens is 2. The van der Waals surface area contributed by atoms with E-state index >= 15 is 0 Å². The van der Waals surface area contributed by atoms with Gasteiger partial charge in [0.2, 0.25) is 11.7 Å². The molecule has 2 aromatic rings. The molecule has 1 aromatic heterocycles. The van der Waals surface area contributed by atoms with Gasteiger partial charge in [0.15, 0.2) is 11.5 Å². The monoisotopic (exact) mass is 277 g/mol. The fraction of sp³-hybridized carbons (Fsp3) is 0.385. The van der Waals surface area contributed by atoms with Crippen LogP contribution < -0.4 is 15.2 Å². The Morgan fingerprint density at radius 3 is 2.65 bits per heavy atom. The van der Waals surface area contributed by atoms with Crippen LogP contribution in [0.4, 0.5) is 0 Å². The molecule has 20 heavy (non-hydrogen) atoms. The summed E-state index contributed by atoms with van der Waals surface area (Å²) in [6.07, 6.45) is 0. The Morgan fingerprint density at radius 2 is 2.00 bits per heavy atom. The van der Waals surface area contributed by atoms with Crippen molar-refractivity contribution in [1.29, 1.82) is 0 Å². The highest BCUT2D eigenvalue weighted by atomic mass is 16.6. The quantitative estimate of drug-likeness (QED) is 0.894. The Balaban J connectivity index is 2.06. The molecular formula is C13H15N3O4. The number of nitrogens with zero attached hydrogens (tertiary/aromatic N) is 2. The normalized spacial score (nSPS) is 13.5. The number of ether oxygens (including phenoxy) is 3. The first-order valence-corrected chi connectivity index (χ1v) is 6.26. The highest BCUT2D eigenvalue weighted by Gasteiger charge is 2.19. The van der Waals surface area contributed by atoms with Gasteiger partial charge in [0.1, 0.15) is 13.2 Å². The van der Waals surface area contributed by atoms with Crippen molar-refractivity contribution in [2.75, 3.05) is 20.3 Å². The second kappa shape index (κ2) is 5.48. The van der Waals surface area contributed by atoms with Crippen LogP contribution in [0.1, 0.15) is 11.5 Å². The highest BCUT2D eigenvalue weighted by Crippen LogP contribution is 2.37. The van der Waals surface area contributed by atoms with Gasteiger partial charge in [-0.15, -0.1) is 0 Å². The predicted octanol–water partition coefficient (Wildman–Crippen LogP) is 1.11. The van der Waals surface area contributed by atoms with Gasteiger partial charge in [-0.25, -0.2) is 0 Å². The SMILES string of the molecule is COCc1cc2c(cc1-c1noc(CN)n1)OCCO2. The molecule has 0 bridgehead atoms. The number of methoxy groups -OCH3 is 1. The molecule has 2 N–H and O–H groups in total. The number of rotatable bonds is 4. The minimum atomic E-state index is 0.206. The molecule has 1 aliphatic heterocycles. The van der Waals surface area contributed by atoms with Gasteiger partial charge in [-0.1, -0.05) is 5.16 Å². The molecule has 0 saturated heterocycles. The first kappa shape index (κ1) is 12.9. The van der Waals surface area contributed by atoms with Crippen molar-refractivity contribution in [1.82, 2.24) is 10.1 Å². The molecular weight excluding hydrogens is 262 g/mol. The van der Waals surface area contributed by atoms with Gasteiger partial charge in [-0.2, -0.15) is 4.98 Å². The van der Waals surface area contributed by atoms with E-state index in [1.165, 1.54) is 0 Å². The van der Waals surface area contributed by atoms with Crippen LogP contribution in [-0.2, 0) is 17.9 Å². The summed E-state index contributed by atoms with van der Waals surface area (Å²) in [5.41, 5.74) is 7.18. The smallest absolute Gasteiger partial charge is 0.240 e. The molecule has 0 radical (unpaired) electrons. The van der Waals surface area contributed by atoms with Gasteiger partial charge in [-0.3, -0.25) is 0 Å². The Bertz CT molecular complexity index is 612. The summed E-state index contributed by atoms with van der Waals surface area (Å²) in [5, 5.41) is 3.93. The summed E-state index contributed by atoms with van der Waals surface area (Å²) >= 11 is 0. The van der Waals surface area contributed by atoms with Gasteiger partial charge in [0, 0.05) is 12.7 Å². The Kier molecular flexibility index (Phi) is 3.53. The lowest BCUT2D eigenvalue weighted by Gasteiger charge is -2.20. The van der Waals surface area contributed by atoms with E-state index in [4.69, 9.17) is 24.5 Å².